The van der Waals surface area contributed by atoms with Crippen LogP contribution in [0.2, 0.25) is 0 Å². The summed E-state index contributed by atoms with van der Waals surface area (Å²) in [7, 11) is 1.79. The van der Waals surface area contributed by atoms with Crippen molar-refractivity contribution in [3.63, 3.8) is 0 Å². The second-order valence-electron chi connectivity index (χ2n) is 10.9. The van der Waals surface area contributed by atoms with Crippen LogP contribution in [0.4, 0.5) is 0 Å². The summed E-state index contributed by atoms with van der Waals surface area (Å²) in [6, 6.07) is 5.92. The molecule has 1 heterocycles. The lowest BCUT2D eigenvalue weighted by molar-refractivity contribution is 0.273. The van der Waals surface area contributed by atoms with Gasteiger partial charge in [-0.1, -0.05) is 82.4 Å². The van der Waals surface area contributed by atoms with E-state index in [-0.39, 0.29) is 5.56 Å². The molecule has 5 nitrogen and oxygen atoms in total. The van der Waals surface area contributed by atoms with Crippen molar-refractivity contribution in [2.24, 2.45) is 7.05 Å². The average Bonchev–Trinajstić information content (AvgIpc) is 2.91. The Morgan fingerprint density at radius 2 is 1.44 bits per heavy atom. The van der Waals surface area contributed by atoms with Crippen LogP contribution in [0.25, 0.3) is 10.9 Å². The molecule has 0 bridgehead atoms. The van der Waals surface area contributed by atoms with Gasteiger partial charge in [0.05, 0.1) is 18.7 Å². The fourth-order valence-electron chi connectivity index (χ4n) is 4.56. The van der Waals surface area contributed by atoms with Crippen LogP contribution < -0.4 is 19.8 Å². The van der Waals surface area contributed by atoms with E-state index >= 15 is 0 Å². The molecule has 0 fully saturated rings. The molecule has 2 rings (SSSR count). The molecule has 1 aromatic heterocycles. The Hall–Kier alpha value is -2.69. The first-order chi connectivity index (χ1) is 18.9. The third-order valence-electron chi connectivity index (χ3n) is 7.04. The summed E-state index contributed by atoms with van der Waals surface area (Å²) in [6.45, 7) is 12.4. The highest BCUT2D eigenvalue weighted by Crippen LogP contribution is 2.35. The third kappa shape index (κ3) is 11.5. The molecule has 0 N–H and O–H groups in total. The minimum atomic E-state index is -0.176. The maximum atomic E-state index is 13.4. The van der Waals surface area contributed by atoms with Gasteiger partial charge in [0.1, 0.15) is 12.4 Å². The lowest BCUT2D eigenvalue weighted by Gasteiger charge is -2.17. The third-order valence-corrected chi connectivity index (χ3v) is 7.04. The van der Waals surface area contributed by atoms with Crippen molar-refractivity contribution in [1.82, 2.24) is 4.57 Å². The summed E-state index contributed by atoms with van der Waals surface area (Å²) >= 11 is 0. The van der Waals surface area contributed by atoms with Gasteiger partial charge in [-0.25, -0.2) is 0 Å². The van der Waals surface area contributed by atoms with Crippen LogP contribution in [0.15, 0.2) is 46.3 Å². The lowest BCUT2D eigenvalue weighted by atomic mass is 10.1. The summed E-state index contributed by atoms with van der Waals surface area (Å²) in [5.74, 6) is 1.61. The number of rotatable bonds is 20. The first-order valence-corrected chi connectivity index (χ1v) is 15.2. The monoisotopic (exact) mass is 539 g/mol. The first-order valence-electron chi connectivity index (χ1n) is 15.2. The summed E-state index contributed by atoms with van der Waals surface area (Å²) in [5.41, 5.74) is 3.22. The highest BCUT2D eigenvalue weighted by molar-refractivity contribution is 5.89. The van der Waals surface area contributed by atoms with E-state index in [2.05, 4.69) is 46.8 Å². The van der Waals surface area contributed by atoms with E-state index in [4.69, 9.17) is 14.2 Å². The van der Waals surface area contributed by atoms with E-state index in [9.17, 15) is 4.79 Å². The molecule has 0 aliphatic carbocycles. The molecular weight excluding hydrogens is 486 g/mol. The van der Waals surface area contributed by atoms with E-state index < -0.39 is 0 Å². The van der Waals surface area contributed by atoms with Gasteiger partial charge in [0.15, 0.2) is 5.75 Å². The zero-order chi connectivity index (χ0) is 28.5. The molecule has 0 unspecified atom stereocenters. The predicted octanol–water partition coefficient (Wildman–Crippen LogP) is 9.31. The number of hydrogen-bond donors (Lipinski definition) is 0. The molecule has 0 saturated heterocycles. The maximum Gasteiger partial charge on any atom is 0.297 e. The van der Waals surface area contributed by atoms with Crippen molar-refractivity contribution in [1.29, 1.82) is 0 Å². The number of allylic oxidation sites excluding steroid dienone is 3. The van der Waals surface area contributed by atoms with Crippen molar-refractivity contribution in [2.75, 3.05) is 19.8 Å². The van der Waals surface area contributed by atoms with Crippen LogP contribution in [-0.2, 0) is 7.05 Å². The summed E-state index contributed by atoms with van der Waals surface area (Å²) in [5, 5.41) is 0.864. The fraction of sp³-hybridized carbons (Fsp3) is 0.618. The second-order valence-corrected chi connectivity index (χ2v) is 10.9. The smallest absolute Gasteiger partial charge is 0.297 e. The number of pyridine rings is 1. The largest absolute Gasteiger partial charge is 0.494 e. The van der Waals surface area contributed by atoms with Gasteiger partial charge in [0.25, 0.3) is 5.56 Å². The van der Waals surface area contributed by atoms with E-state index in [1.165, 1.54) is 49.7 Å². The molecular formula is C34H53NO4. The number of fused-ring (bicyclic) bond motifs is 1. The lowest BCUT2D eigenvalue weighted by Crippen LogP contribution is -2.21. The van der Waals surface area contributed by atoms with Gasteiger partial charge in [-0.15, -0.1) is 0 Å². The quantitative estimate of drug-likeness (QED) is 0.124. The van der Waals surface area contributed by atoms with Crippen LogP contribution in [0.5, 0.6) is 17.2 Å². The number of benzene rings is 1. The van der Waals surface area contributed by atoms with E-state index in [0.717, 1.165) is 55.2 Å². The molecule has 2 aromatic rings. The van der Waals surface area contributed by atoms with Gasteiger partial charge < -0.3 is 18.8 Å². The summed E-state index contributed by atoms with van der Waals surface area (Å²) in [6.07, 6.45) is 18.1. The molecule has 0 saturated carbocycles. The number of hydrogen-bond acceptors (Lipinski definition) is 4. The van der Waals surface area contributed by atoms with Gasteiger partial charge in [0, 0.05) is 18.5 Å². The molecule has 5 heteroatoms. The number of aromatic nitrogens is 1. The standard InChI is InChI=1S/C34H53NO4/c1-7-9-11-13-14-16-23-37-29-20-21-30-31(26-29)35(6)34(36)33(38-24-15-12-10-8-2)32(30)39-25-22-28(5)19-17-18-27(3)4/h18,20-22,26H,7-17,19,23-25H2,1-6H3/b28-22+. The highest BCUT2D eigenvalue weighted by Gasteiger charge is 2.19. The Bertz CT molecular complexity index is 1110. The van der Waals surface area contributed by atoms with E-state index in [1.807, 2.05) is 18.2 Å². The normalized spacial score (nSPS) is 11.6. The van der Waals surface area contributed by atoms with Crippen LogP contribution in [-0.4, -0.2) is 24.4 Å². The Labute approximate surface area is 237 Å². The molecule has 0 aliphatic rings. The van der Waals surface area contributed by atoms with E-state index in [0.29, 0.717) is 31.3 Å². The van der Waals surface area contributed by atoms with Crippen LogP contribution >= 0.6 is 0 Å². The Kier molecular flexibility index (Phi) is 15.5. The fourth-order valence-corrected chi connectivity index (χ4v) is 4.56. The summed E-state index contributed by atoms with van der Waals surface area (Å²) in [4.78, 5) is 13.4. The minimum Gasteiger partial charge on any atom is -0.494 e. The Balaban J connectivity index is 2.22. The SMILES string of the molecule is CCCCCCCCOc1ccc2c(OC/C=C(\C)CCC=C(C)C)c(OCCCCCC)c(=O)n(C)c2c1. The minimum absolute atomic E-state index is 0.176. The van der Waals surface area contributed by atoms with Crippen LogP contribution in [0.3, 0.4) is 0 Å². The van der Waals surface area contributed by atoms with Gasteiger partial charge in [-0.2, -0.15) is 0 Å². The molecule has 0 aliphatic heterocycles. The van der Waals surface area contributed by atoms with Gasteiger partial charge in [-0.3, -0.25) is 4.79 Å². The average molecular weight is 540 g/mol. The number of nitrogens with zero attached hydrogens (tertiary/aromatic N) is 1. The molecule has 218 valence electrons. The zero-order valence-corrected chi connectivity index (χ0v) is 25.6. The second kappa shape index (κ2) is 18.6. The highest BCUT2D eigenvalue weighted by atomic mass is 16.5. The molecule has 0 atom stereocenters. The number of ether oxygens (including phenoxy) is 3. The molecule has 39 heavy (non-hydrogen) atoms. The van der Waals surface area contributed by atoms with E-state index in [1.54, 1.807) is 11.6 Å². The van der Waals surface area contributed by atoms with Crippen molar-refractivity contribution in [3.8, 4) is 17.2 Å². The summed E-state index contributed by atoms with van der Waals surface area (Å²) < 4.78 is 20.1. The Morgan fingerprint density at radius 3 is 2.13 bits per heavy atom. The molecule has 0 amide bonds. The number of unbranched alkanes of at least 4 members (excludes halogenated alkanes) is 8. The maximum absolute atomic E-state index is 13.4. The van der Waals surface area contributed by atoms with Crippen molar-refractivity contribution >= 4 is 10.9 Å². The first kappa shape index (κ1) is 32.5. The van der Waals surface area contributed by atoms with Crippen molar-refractivity contribution < 1.29 is 14.2 Å². The van der Waals surface area contributed by atoms with Gasteiger partial charge in [-0.05, 0) is 64.7 Å². The van der Waals surface area contributed by atoms with Crippen LogP contribution in [0, 0.1) is 0 Å². The number of aryl methyl sites for hydroxylation is 1. The van der Waals surface area contributed by atoms with Gasteiger partial charge >= 0.3 is 0 Å². The van der Waals surface area contributed by atoms with Crippen LogP contribution in [0.1, 0.15) is 112 Å². The van der Waals surface area contributed by atoms with Crippen molar-refractivity contribution in [3.05, 3.63) is 51.9 Å². The molecule has 1 aromatic carbocycles. The molecule has 0 spiro atoms. The predicted molar refractivity (Wildman–Crippen MR) is 166 cm³/mol. The molecule has 0 radical (unpaired) electrons. The van der Waals surface area contributed by atoms with Crippen molar-refractivity contribution in [2.45, 2.75) is 112 Å². The Morgan fingerprint density at radius 1 is 0.795 bits per heavy atom. The zero-order valence-electron chi connectivity index (χ0n) is 25.6. The topological polar surface area (TPSA) is 49.7 Å². The van der Waals surface area contributed by atoms with Gasteiger partial charge in [0.2, 0.25) is 5.75 Å².